The Morgan fingerprint density at radius 2 is 2.00 bits per heavy atom. The van der Waals surface area contributed by atoms with Gasteiger partial charge in [0.15, 0.2) is 0 Å². The summed E-state index contributed by atoms with van der Waals surface area (Å²) in [6.45, 7) is 0.735. The maximum absolute atomic E-state index is 11.8. The van der Waals surface area contributed by atoms with E-state index in [4.69, 9.17) is 15.7 Å². The molecule has 0 atom stereocenters. The number of nitriles is 1. The first-order chi connectivity index (χ1) is 10.2. The Morgan fingerprint density at radius 3 is 2.67 bits per heavy atom. The molecule has 1 amide bonds. The van der Waals surface area contributed by atoms with Gasteiger partial charge in [0.05, 0.1) is 18.2 Å². The van der Waals surface area contributed by atoms with Gasteiger partial charge in [0.25, 0.3) is 5.91 Å². The number of rotatable bonds is 5. The zero-order chi connectivity index (χ0) is 15.1. The molecule has 0 saturated heterocycles. The SMILES string of the molecule is N#Cc1ccc(C(=O)NCCOc2cccc(N)c2)cc1. The first-order valence-electron chi connectivity index (χ1n) is 6.46. The van der Waals surface area contributed by atoms with Gasteiger partial charge in [-0.3, -0.25) is 4.79 Å². The highest BCUT2D eigenvalue weighted by molar-refractivity contribution is 5.94. The maximum Gasteiger partial charge on any atom is 0.251 e. The summed E-state index contributed by atoms with van der Waals surface area (Å²) in [6, 6.07) is 15.6. The number of carbonyl (C=O) groups excluding carboxylic acids is 1. The quantitative estimate of drug-likeness (QED) is 0.647. The molecule has 0 saturated carbocycles. The molecule has 2 aromatic carbocycles. The van der Waals surface area contributed by atoms with Crippen molar-refractivity contribution in [3.63, 3.8) is 0 Å². The first kappa shape index (κ1) is 14.4. The Bertz CT molecular complexity index is 660. The van der Waals surface area contributed by atoms with Crippen molar-refractivity contribution in [1.29, 1.82) is 5.26 Å². The van der Waals surface area contributed by atoms with Crippen molar-refractivity contribution in [2.24, 2.45) is 0 Å². The molecule has 106 valence electrons. The molecule has 5 heteroatoms. The minimum Gasteiger partial charge on any atom is -0.492 e. The number of benzene rings is 2. The fraction of sp³-hybridized carbons (Fsp3) is 0.125. The zero-order valence-electron chi connectivity index (χ0n) is 11.4. The topological polar surface area (TPSA) is 88.1 Å². The van der Waals surface area contributed by atoms with Crippen LogP contribution < -0.4 is 15.8 Å². The van der Waals surface area contributed by atoms with Gasteiger partial charge in [-0.1, -0.05) is 6.07 Å². The average Bonchev–Trinajstić information content (AvgIpc) is 2.51. The van der Waals surface area contributed by atoms with E-state index in [1.807, 2.05) is 6.07 Å². The van der Waals surface area contributed by atoms with E-state index in [2.05, 4.69) is 5.32 Å². The summed E-state index contributed by atoms with van der Waals surface area (Å²) in [4.78, 5) is 11.8. The molecule has 21 heavy (non-hydrogen) atoms. The van der Waals surface area contributed by atoms with Gasteiger partial charge in [-0.2, -0.15) is 5.26 Å². The predicted octanol–water partition coefficient (Wildman–Crippen LogP) is 1.95. The molecule has 0 aromatic heterocycles. The molecule has 3 N–H and O–H groups in total. The monoisotopic (exact) mass is 281 g/mol. The molecular formula is C16H15N3O2. The molecule has 0 aliphatic heterocycles. The summed E-state index contributed by atoms with van der Waals surface area (Å²) >= 11 is 0. The van der Waals surface area contributed by atoms with Crippen LogP contribution in [0.3, 0.4) is 0 Å². The van der Waals surface area contributed by atoms with Crippen LogP contribution in [0.25, 0.3) is 0 Å². The molecule has 0 aliphatic carbocycles. The third kappa shape index (κ3) is 4.25. The van der Waals surface area contributed by atoms with E-state index in [0.717, 1.165) is 0 Å². The van der Waals surface area contributed by atoms with Gasteiger partial charge < -0.3 is 15.8 Å². The van der Waals surface area contributed by atoms with Crippen LogP contribution in [0.5, 0.6) is 5.75 Å². The number of nitrogens with zero attached hydrogens (tertiary/aromatic N) is 1. The van der Waals surface area contributed by atoms with Crippen molar-refractivity contribution in [2.45, 2.75) is 0 Å². The molecule has 2 aromatic rings. The summed E-state index contributed by atoms with van der Waals surface area (Å²) in [5, 5.41) is 11.4. The Morgan fingerprint density at radius 1 is 1.24 bits per heavy atom. The van der Waals surface area contributed by atoms with Crippen molar-refractivity contribution in [1.82, 2.24) is 5.32 Å². The number of ether oxygens (including phenoxy) is 1. The second-order valence-corrected chi connectivity index (χ2v) is 4.37. The van der Waals surface area contributed by atoms with E-state index in [1.165, 1.54) is 0 Å². The molecule has 0 fully saturated rings. The van der Waals surface area contributed by atoms with Gasteiger partial charge in [0.1, 0.15) is 12.4 Å². The van der Waals surface area contributed by atoms with Crippen molar-refractivity contribution in [2.75, 3.05) is 18.9 Å². The third-order valence-corrected chi connectivity index (χ3v) is 2.79. The highest BCUT2D eigenvalue weighted by Crippen LogP contribution is 2.13. The number of anilines is 1. The zero-order valence-corrected chi connectivity index (χ0v) is 11.4. The van der Waals surface area contributed by atoms with Crippen LogP contribution in [0.2, 0.25) is 0 Å². The molecule has 0 spiro atoms. The number of hydrogen-bond donors (Lipinski definition) is 2. The summed E-state index contributed by atoms with van der Waals surface area (Å²) in [7, 11) is 0. The Kier molecular flexibility index (Phi) is 4.78. The van der Waals surface area contributed by atoms with Crippen molar-refractivity contribution in [3.8, 4) is 11.8 Å². The van der Waals surface area contributed by atoms with E-state index in [-0.39, 0.29) is 5.91 Å². The van der Waals surface area contributed by atoms with E-state index < -0.39 is 0 Å². The Hall–Kier alpha value is -3.00. The fourth-order valence-electron chi connectivity index (χ4n) is 1.74. The predicted molar refractivity (Wildman–Crippen MR) is 79.8 cm³/mol. The Labute approximate surface area is 123 Å². The summed E-state index contributed by atoms with van der Waals surface area (Å²) in [6.07, 6.45) is 0. The lowest BCUT2D eigenvalue weighted by Crippen LogP contribution is -2.28. The number of hydrogen-bond acceptors (Lipinski definition) is 4. The fourth-order valence-corrected chi connectivity index (χ4v) is 1.74. The van der Waals surface area contributed by atoms with E-state index in [9.17, 15) is 4.79 Å². The largest absolute Gasteiger partial charge is 0.492 e. The van der Waals surface area contributed by atoms with Crippen LogP contribution in [-0.2, 0) is 0 Å². The van der Waals surface area contributed by atoms with E-state index >= 15 is 0 Å². The van der Waals surface area contributed by atoms with Gasteiger partial charge >= 0.3 is 0 Å². The van der Waals surface area contributed by atoms with Crippen molar-refractivity contribution >= 4 is 11.6 Å². The van der Waals surface area contributed by atoms with E-state index in [1.54, 1.807) is 48.5 Å². The van der Waals surface area contributed by atoms with Crippen LogP contribution in [0.15, 0.2) is 48.5 Å². The lowest BCUT2D eigenvalue weighted by atomic mass is 10.1. The van der Waals surface area contributed by atoms with Gasteiger partial charge in [-0.05, 0) is 36.4 Å². The number of nitrogens with two attached hydrogens (primary N) is 1. The smallest absolute Gasteiger partial charge is 0.251 e. The van der Waals surface area contributed by atoms with Gasteiger partial charge in [0.2, 0.25) is 0 Å². The van der Waals surface area contributed by atoms with Crippen LogP contribution in [-0.4, -0.2) is 19.1 Å². The van der Waals surface area contributed by atoms with Crippen LogP contribution in [0.4, 0.5) is 5.69 Å². The molecular weight excluding hydrogens is 266 g/mol. The number of amides is 1. The van der Waals surface area contributed by atoms with Crippen molar-refractivity contribution in [3.05, 3.63) is 59.7 Å². The summed E-state index contributed by atoms with van der Waals surface area (Å²) in [5.74, 6) is 0.471. The van der Waals surface area contributed by atoms with Crippen molar-refractivity contribution < 1.29 is 9.53 Å². The highest BCUT2D eigenvalue weighted by Gasteiger charge is 2.04. The number of nitrogens with one attached hydrogen (secondary N) is 1. The summed E-state index contributed by atoms with van der Waals surface area (Å²) < 4.78 is 5.47. The number of carbonyl (C=O) groups is 1. The first-order valence-corrected chi connectivity index (χ1v) is 6.46. The van der Waals surface area contributed by atoms with Gasteiger partial charge in [-0.25, -0.2) is 0 Å². The maximum atomic E-state index is 11.8. The van der Waals surface area contributed by atoms with Crippen LogP contribution in [0.1, 0.15) is 15.9 Å². The molecule has 5 nitrogen and oxygen atoms in total. The molecule has 0 bridgehead atoms. The Balaban J connectivity index is 1.77. The second kappa shape index (κ2) is 6.96. The molecule has 0 aliphatic rings. The van der Waals surface area contributed by atoms with Gasteiger partial charge in [0, 0.05) is 17.3 Å². The van der Waals surface area contributed by atoms with Gasteiger partial charge in [-0.15, -0.1) is 0 Å². The van der Waals surface area contributed by atoms with Crippen LogP contribution in [0, 0.1) is 11.3 Å². The standard InChI is InChI=1S/C16H15N3O2/c17-11-12-4-6-13(7-5-12)16(20)19-8-9-21-15-3-1-2-14(18)10-15/h1-7,10H,8-9,18H2,(H,19,20). The minimum absolute atomic E-state index is 0.198. The van der Waals surface area contributed by atoms with Crippen LogP contribution >= 0.6 is 0 Å². The van der Waals surface area contributed by atoms with E-state index in [0.29, 0.717) is 35.7 Å². The minimum atomic E-state index is -0.198. The highest BCUT2D eigenvalue weighted by atomic mass is 16.5. The number of nitrogen functional groups attached to an aromatic ring is 1. The lowest BCUT2D eigenvalue weighted by molar-refractivity contribution is 0.0947. The summed E-state index contributed by atoms with van der Waals surface area (Å²) in [5.41, 5.74) is 7.31. The molecule has 0 radical (unpaired) electrons. The molecule has 0 unspecified atom stereocenters. The second-order valence-electron chi connectivity index (χ2n) is 4.37. The average molecular weight is 281 g/mol. The molecule has 2 rings (SSSR count). The lowest BCUT2D eigenvalue weighted by Gasteiger charge is -2.08. The third-order valence-electron chi connectivity index (χ3n) is 2.79. The normalized spacial score (nSPS) is 9.67. The molecule has 0 heterocycles.